The molecule has 0 aliphatic heterocycles. The van der Waals surface area contributed by atoms with Crippen LogP contribution in [0.1, 0.15) is 12.0 Å². The van der Waals surface area contributed by atoms with E-state index in [0.717, 1.165) is 5.56 Å². The lowest BCUT2D eigenvalue weighted by atomic mass is 10.0. The maximum absolute atomic E-state index is 12.7. The Kier molecular flexibility index (Phi) is 4.29. The third-order valence-corrected chi connectivity index (χ3v) is 5.07. The van der Waals surface area contributed by atoms with Crippen molar-refractivity contribution >= 4 is 34.0 Å². The van der Waals surface area contributed by atoms with Crippen molar-refractivity contribution in [2.45, 2.75) is 19.5 Å². The van der Waals surface area contributed by atoms with Crippen LogP contribution in [0.2, 0.25) is 0 Å². The molecule has 10 heteroatoms. The first kappa shape index (κ1) is 18.9. The summed E-state index contributed by atoms with van der Waals surface area (Å²) in [5.41, 5.74) is 14.5. The number of rotatable bonds is 3. The number of hydrogen-bond acceptors (Lipinski definition) is 6. The van der Waals surface area contributed by atoms with Gasteiger partial charge in [-0.1, -0.05) is 0 Å². The summed E-state index contributed by atoms with van der Waals surface area (Å²) >= 11 is 0. The van der Waals surface area contributed by atoms with Crippen LogP contribution in [-0.2, 0) is 4.79 Å². The number of pyridine rings is 3. The molecule has 5 N–H and O–H groups in total. The van der Waals surface area contributed by atoms with Crippen LogP contribution < -0.4 is 16.8 Å². The highest BCUT2D eigenvalue weighted by molar-refractivity contribution is 5.98. The zero-order valence-electron chi connectivity index (χ0n) is 15.3. The van der Waals surface area contributed by atoms with E-state index in [1.54, 1.807) is 18.3 Å². The highest BCUT2D eigenvalue weighted by Gasteiger charge is 2.58. The van der Waals surface area contributed by atoms with Gasteiger partial charge in [0, 0.05) is 23.3 Å². The van der Waals surface area contributed by atoms with Gasteiger partial charge in [0.05, 0.1) is 29.4 Å². The largest absolute Gasteiger partial charge is 0.397 e. The molecule has 0 bridgehead atoms. The number of anilines is 3. The number of carbonyl (C=O) groups excluding carboxylic acids is 1. The summed E-state index contributed by atoms with van der Waals surface area (Å²) in [6, 6.07) is 3.29. The molecule has 1 fully saturated rings. The molecule has 3 heterocycles. The van der Waals surface area contributed by atoms with Gasteiger partial charge in [0.2, 0.25) is 5.91 Å². The van der Waals surface area contributed by atoms with Gasteiger partial charge < -0.3 is 16.8 Å². The van der Waals surface area contributed by atoms with E-state index in [2.05, 4.69) is 20.3 Å². The monoisotopic (exact) mass is 402 g/mol. The Morgan fingerprint density at radius 3 is 2.66 bits per heavy atom. The third kappa shape index (κ3) is 3.53. The lowest BCUT2D eigenvalue weighted by molar-refractivity contribution is -0.153. The zero-order chi connectivity index (χ0) is 20.9. The van der Waals surface area contributed by atoms with E-state index in [1.165, 1.54) is 12.4 Å². The minimum atomic E-state index is -4.36. The minimum absolute atomic E-state index is 0.147. The molecule has 1 aliphatic rings. The fourth-order valence-electron chi connectivity index (χ4n) is 3.25. The highest BCUT2D eigenvalue weighted by atomic mass is 19.4. The van der Waals surface area contributed by atoms with Crippen LogP contribution in [0.4, 0.5) is 30.5 Å². The van der Waals surface area contributed by atoms with E-state index in [4.69, 9.17) is 11.5 Å². The van der Waals surface area contributed by atoms with Gasteiger partial charge in [-0.15, -0.1) is 0 Å². The Balaban J connectivity index is 1.65. The van der Waals surface area contributed by atoms with Crippen LogP contribution in [-0.4, -0.2) is 27.0 Å². The number of hydrogen-bond donors (Lipinski definition) is 3. The first-order valence-electron chi connectivity index (χ1n) is 8.79. The molecule has 1 amide bonds. The number of amides is 1. The van der Waals surface area contributed by atoms with Gasteiger partial charge in [0.1, 0.15) is 11.6 Å². The molecule has 0 unspecified atom stereocenters. The van der Waals surface area contributed by atoms with Crippen LogP contribution in [0.5, 0.6) is 0 Å². The Bertz CT molecular complexity index is 1130. The summed E-state index contributed by atoms with van der Waals surface area (Å²) in [7, 11) is 0. The van der Waals surface area contributed by atoms with Crippen molar-refractivity contribution in [1.29, 1.82) is 0 Å². The minimum Gasteiger partial charge on any atom is -0.397 e. The van der Waals surface area contributed by atoms with E-state index in [-0.39, 0.29) is 18.1 Å². The van der Waals surface area contributed by atoms with Gasteiger partial charge in [-0.25, -0.2) is 9.97 Å². The lowest BCUT2D eigenvalue weighted by Crippen LogP contribution is -2.20. The van der Waals surface area contributed by atoms with Crippen LogP contribution in [0.15, 0.2) is 30.7 Å². The molecule has 3 aromatic heterocycles. The summed E-state index contributed by atoms with van der Waals surface area (Å²) < 4.78 is 38.0. The third-order valence-electron chi connectivity index (χ3n) is 5.07. The standard InChI is InChI=1S/C19H17F3N6O/c1-8-11(5-25-7-14(8)23)15-2-9-3-16(26-6-12(9)17(24)27-15)28-18(29)10-4-13(10)19(20,21)22/h2-3,5-7,10,13H,4,23H2,1H3,(H2,24,27)(H,26,28,29)/t10-,13-/m0/s1. The molecule has 0 spiro atoms. The van der Waals surface area contributed by atoms with Crippen molar-refractivity contribution in [3.8, 4) is 11.3 Å². The predicted octanol–water partition coefficient (Wildman–Crippen LogP) is 3.30. The van der Waals surface area contributed by atoms with Gasteiger partial charge in [-0.3, -0.25) is 9.78 Å². The molecule has 2 atom stereocenters. The summed E-state index contributed by atoms with van der Waals surface area (Å²) in [6.45, 7) is 1.83. The van der Waals surface area contributed by atoms with Crippen molar-refractivity contribution in [2.24, 2.45) is 11.8 Å². The van der Waals surface area contributed by atoms with Crippen molar-refractivity contribution in [2.75, 3.05) is 16.8 Å². The molecule has 1 aliphatic carbocycles. The van der Waals surface area contributed by atoms with Gasteiger partial charge >= 0.3 is 6.18 Å². The second kappa shape index (κ2) is 6.57. The van der Waals surface area contributed by atoms with E-state index in [0.29, 0.717) is 27.7 Å². The van der Waals surface area contributed by atoms with E-state index in [1.807, 2.05) is 6.92 Å². The summed E-state index contributed by atoms with van der Waals surface area (Å²) in [4.78, 5) is 24.6. The van der Waals surface area contributed by atoms with Crippen molar-refractivity contribution in [3.05, 3.63) is 36.3 Å². The summed E-state index contributed by atoms with van der Waals surface area (Å²) in [5.74, 6) is -2.99. The van der Waals surface area contributed by atoms with Crippen LogP contribution in [0.3, 0.4) is 0 Å². The number of nitrogens with zero attached hydrogens (tertiary/aromatic N) is 3. The molecular formula is C19H17F3N6O. The number of alkyl halides is 3. The second-order valence-corrected chi connectivity index (χ2v) is 7.06. The number of aromatic nitrogens is 3. The average molecular weight is 402 g/mol. The van der Waals surface area contributed by atoms with Gasteiger partial charge in [-0.2, -0.15) is 13.2 Å². The molecule has 4 rings (SSSR count). The Morgan fingerprint density at radius 2 is 1.97 bits per heavy atom. The molecule has 0 aromatic carbocycles. The predicted molar refractivity (Wildman–Crippen MR) is 103 cm³/mol. The molecular weight excluding hydrogens is 385 g/mol. The number of nitrogen functional groups attached to an aromatic ring is 2. The van der Waals surface area contributed by atoms with Gasteiger partial charge in [0.25, 0.3) is 0 Å². The molecule has 0 radical (unpaired) electrons. The smallest absolute Gasteiger partial charge is 0.392 e. The number of nitrogens with one attached hydrogen (secondary N) is 1. The molecule has 150 valence electrons. The molecule has 0 saturated heterocycles. The maximum atomic E-state index is 12.7. The van der Waals surface area contributed by atoms with Gasteiger partial charge in [0.15, 0.2) is 0 Å². The summed E-state index contributed by atoms with van der Waals surface area (Å²) in [6.07, 6.45) is 0.0129. The number of carbonyl (C=O) groups is 1. The van der Waals surface area contributed by atoms with Crippen LogP contribution in [0.25, 0.3) is 22.0 Å². The van der Waals surface area contributed by atoms with Crippen LogP contribution >= 0.6 is 0 Å². The fourth-order valence-corrected chi connectivity index (χ4v) is 3.25. The Labute approximate surface area is 163 Å². The van der Waals surface area contributed by atoms with Crippen molar-refractivity contribution < 1.29 is 18.0 Å². The van der Waals surface area contributed by atoms with E-state index in [9.17, 15) is 18.0 Å². The van der Waals surface area contributed by atoms with Crippen LogP contribution in [0, 0.1) is 18.8 Å². The summed E-state index contributed by atoms with van der Waals surface area (Å²) in [5, 5.41) is 3.64. The lowest BCUT2D eigenvalue weighted by Gasteiger charge is -2.11. The molecule has 3 aromatic rings. The quantitative estimate of drug-likeness (QED) is 0.618. The molecule has 29 heavy (non-hydrogen) atoms. The number of halogens is 3. The number of nitrogens with two attached hydrogens (primary N) is 2. The van der Waals surface area contributed by atoms with Crippen molar-refractivity contribution in [3.63, 3.8) is 0 Å². The average Bonchev–Trinajstić information content (AvgIpc) is 3.45. The number of fused-ring (bicyclic) bond motifs is 1. The van der Waals surface area contributed by atoms with Gasteiger partial charge in [-0.05, 0) is 36.4 Å². The highest BCUT2D eigenvalue weighted by Crippen LogP contribution is 2.50. The molecule has 1 saturated carbocycles. The van der Waals surface area contributed by atoms with E-state index < -0.39 is 23.9 Å². The normalized spacial score (nSPS) is 18.6. The SMILES string of the molecule is Cc1c(N)cncc1-c1cc2cc(NC(=O)[C@H]3C[C@@H]3C(F)(F)F)ncc2c(N)n1. The second-order valence-electron chi connectivity index (χ2n) is 7.06. The Hall–Kier alpha value is -3.43. The Morgan fingerprint density at radius 1 is 1.21 bits per heavy atom. The topological polar surface area (TPSA) is 120 Å². The molecule has 7 nitrogen and oxygen atoms in total. The first-order valence-corrected chi connectivity index (χ1v) is 8.79. The zero-order valence-corrected chi connectivity index (χ0v) is 15.3. The first-order chi connectivity index (χ1) is 13.6. The van der Waals surface area contributed by atoms with Crippen molar-refractivity contribution in [1.82, 2.24) is 15.0 Å². The maximum Gasteiger partial charge on any atom is 0.392 e. The fraction of sp³-hybridized carbons (Fsp3) is 0.263. The van der Waals surface area contributed by atoms with E-state index >= 15 is 0 Å².